The van der Waals surface area contributed by atoms with Crippen LogP contribution in [0.3, 0.4) is 0 Å². The minimum atomic E-state index is -0.503. The minimum absolute atomic E-state index is 0.376. The highest BCUT2D eigenvalue weighted by molar-refractivity contribution is 6.01. The topological polar surface area (TPSA) is 70.1 Å². The molecule has 2 aromatic rings. The molecule has 0 atom stereocenters. The zero-order valence-electron chi connectivity index (χ0n) is 9.80. The van der Waals surface area contributed by atoms with Crippen LogP contribution in [0.1, 0.15) is 16.8 Å². The molecule has 0 unspecified atom stereocenters. The van der Waals surface area contributed by atoms with Crippen LogP contribution in [0.4, 0.5) is 0 Å². The Morgan fingerprint density at radius 3 is 2.83 bits per heavy atom. The molecule has 0 spiro atoms. The van der Waals surface area contributed by atoms with E-state index in [0.29, 0.717) is 23.7 Å². The van der Waals surface area contributed by atoms with Crippen LogP contribution in [0.5, 0.6) is 5.88 Å². The first-order valence-corrected chi connectivity index (χ1v) is 5.86. The second-order valence-electron chi connectivity index (χ2n) is 4.18. The van der Waals surface area contributed by atoms with Gasteiger partial charge in [0, 0.05) is 18.5 Å². The molecule has 5 heteroatoms. The maximum absolute atomic E-state index is 11.6. The summed E-state index contributed by atoms with van der Waals surface area (Å²) in [4.78, 5) is 11.6. The largest absolute Gasteiger partial charge is 0.477 e. The van der Waals surface area contributed by atoms with Gasteiger partial charge in [0.2, 0.25) is 5.88 Å². The van der Waals surface area contributed by atoms with E-state index in [9.17, 15) is 4.79 Å². The summed E-state index contributed by atoms with van der Waals surface area (Å²) < 4.78 is 7.23. The van der Waals surface area contributed by atoms with Gasteiger partial charge in [0.15, 0.2) is 0 Å². The Bertz CT molecular complexity index is 590. The number of carbonyl (C=O) groups excluding carboxylic acids is 1. The second-order valence-corrected chi connectivity index (χ2v) is 4.18. The lowest BCUT2D eigenvalue weighted by Crippen LogP contribution is -2.18. The number of amides is 1. The van der Waals surface area contributed by atoms with E-state index < -0.39 is 5.91 Å². The van der Waals surface area contributed by atoms with Crippen molar-refractivity contribution < 1.29 is 9.53 Å². The second kappa shape index (κ2) is 4.18. The van der Waals surface area contributed by atoms with Crippen LogP contribution >= 0.6 is 0 Å². The number of aromatic nitrogens is 2. The summed E-state index contributed by atoms with van der Waals surface area (Å²) in [6.45, 7) is 1.35. The fourth-order valence-electron chi connectivity index (χ4n) is 2.15. The van der Waals surface area contributed by atoms with Gasteiger partial charge in [-0.2, -0.15) is 5.10 Å². The highest BCUT2D eigenvalue weighted by Crippen LogP contribution is 2.31. The first-order valence-electron chi connectivity index (χ1n) is 5.86. The predicted octanol–water partition coefficient (Wildman–Crippen LogP) is 1.43. The summed E-state index contributed by atoms with van der Waals surface area (Å²) >= 11 is 0. The number of rotatable bonds is 2. The summed E-state index contributed by atoms with van der Waals surface area (Å²) in [5.41, 5.74) is 7.29. The van der Waals surface area contributed by atoms with Crippen molar-refractivity contribution in [2.75, 3.05) is 6.61 Å². The molecule has 0 saturated heterocycles. The molecule has 0 saturated carbocycles. The first-order chi connectivity index (χ1) is 8.77. The molecule has 1 aromatic carbocycles. The molecule has 92 valence electrons. The third-order valence-corrected chi connectivity index (χ3v) is 2.95. The molecule has 0 fully saturated rings. The highest BCUT2D eigenvalue weighted by Gasteiger charge is 2.26. The van der Waals surface area contributed by atoms with Gasteiger partial charge in [-0.3, -0.25) is 4.79 Å². The van der Waals surface area contributed by atoms with E-state index in [1.807, 2.05) is 30.3 Å². The number of fused-ring (bicyclic) bond motifs is 1. The summed E-state index contributed by atoms with van der Waals surface area (Å²) in [5.74, 6) is -0.00962. The minimum Gasteiger partial charge on any atom is -0.477 e. The Labute approximate surface area is 104 Å². The third-order valence-electron chi connectivity index (χ3n) is 2.95. The van der Waals surface area contributed by atoms with Crippen LogP contribution in [-0.4, -0.2) is 22.3 Å². The molecular formula is C13H13N3O2. The standard InChI is InChI=1S/C13H13N3O2/c14-12(17)10-11(9-5-2-1-3-6-9)15-16-7-4-8-18-13(10)16/h1-3,5-6H,4,7-8H2,(H2,14,17). The first kappa shape index (κ1) is 10.8. The van der Waals surface area contributed by atoms with Crippen molar-refractivity contribution in [3.8, 4) is 17.1 Å². The van der Waals surface area contributed by atoms with Crippen LogP contribution in [-0.2, 0) is 6.54 Å². The van der Waals surface area contributed by atoms with Gasteiger partial charge in [-0.05, 0) is 0 Å². The van der Waals surface area contributed by atoms with E-state index in [1.54, 1.807) is 4.68 Å². The maximum atomic E-state index is 11.6. The smallest absolute Gasteiger partial charge is 0.256 e. The number of ether oxygens (including phenoxy) is 1. The Hall–Kier alpha value is -2.30. The van der Waals surface area contributed by atoms with Crippen LogP contribution in [0.25, 0.3) is 11.3 Å². The molecule has 3 rings (SSSR count). The van der Waals surface area contributed by atoms with E-state index in [4.69, 9.17) is 10.5 Å². The fourth-order valence-corrected chi connectivity index (χ4v) is 2.15. The molecule has 1 aromatic heterocycles. The number of carbonyl (C=O) groups is 1. The number of primary amides is 1. The van der Waals surface area contributed by atoms with Crippen LogP contribution in [0.2, 0.25) is 0 Å². The molecule has 18 heavy (non-hydrogen) atoms. The average Bonchev–Trinajstić information content (AvgIpc) is 2.79. The average molecular weight is 243 g/mol. The number of hydrogen-bond donors (Lipinski definition) is 1. The summed E-state index contributed by atoms with van der Waals surface area (Å²) in [6, 6.07) is 9.53. The molecule has 0 aliphatic carbocycles. The summed E-state index contributed by atoms with van der Waals surface area (Å²) in [5, 5.41) is 4.43. The van der Waals surface area contributed by atoms with Gasteiger partial charge in [-0.25, -0.2) is 4.68 Å². The molecule has 2 N–H and O–H groups in total. The Morgan fingerprint density at radius 1 is 1.33 bits per heavy atom. The maximum Gasteiger partial charge on any atom is 0.256 e. The molecule has 5 nitrogen and oxygen atoms in total. The van der Waals surface area contributed by atoms with E-state index in [2.05, 4.69) is 5.10 Å². The number of benzene rings is 1. The molecule has 1 aliphatic rings. The third kappa shape index (κ3) is 1.64. The predicted molar refractivity (Wildman–Crippen MR) is 66.3 cm³/mol. The van der Waals surface area contributed by atoms with Crippen LogP contribution in [0, 0.1) is 0 Å². The number of nitrogens with two attached hydrogens (primary N) is 1. The Balaban J connectivity index is 2.20. The summed E-state index contributed by atoms with van der Waals surface area (Å²) in [7, 11) is 0. The zero-order chi connectivity index (χ0) is 12.5. The van der Waals surface area contributed by atoms with E-state index in [1.165, 1.54) is 0 Å². The lowest BCUT2D eigenvalue weighted by Gasteiger charge is -2.14. The molecule has 1 amide bonds. The monoisotopic (exact) mass is 243 g/mol. The normalized spacial score (nSPS) is 13.8. The van der Waals surface area contributed by atoms with Gasteiger partial charge in [0.25, 0.3) is 5.91 Å². The lowest BCUT2D eigenvalue weighted by molar-refractivity contribution is 0.0994. The van der Waals surface area contributed by atoms with E-state index in [0.717, 1.165) is 18.5 Å². The molecule has 1 aliphatic heterocycles. The number of hydrogen-bond acceptors (Lipinski definition) is 3. The molecule has 2 heterocycles. The fraction of sp³-hybridized carbons (Fsp3) is 0.231. The van der Waals surface area contributed by atoms with Crippen molar-refractivity contribution in [1.29, 1.82) is 0 Å². The van der Waals surface area contributed by atoms with Crippen molar-refractivity contribution in [3.63, 3.8) is 0 Å². The van der Waals surface area contributed by atoms with Crippen LogP contribution in [0.15, 0.2) is 30.3 Å². The summed E-state index contributed by atoms with van der Waals surface area (Å²) in [6.07, 6.45) is 0.890. The van der Waals surface area contributed by atoms with Crippen molar-refractivity contribution in [2.45, 2.75) is 13.0 Å². The van der Waals surface area contributed by atoms with Gasteiger partial charge >= 0.3 is 0 Å². The van der Waals surface area contributed by atoms with Crippen molar-refractivity contribution >= 4 is 5.91 Å². The Morgan fingerprint density at radius 2 is 2.11 bits per heavy atom. The zero-order valence-corrected chi connectivity index (χ0v) is 9.80. The van der Waals surface area contributed by atoms with Gasteiger partial charge in [-0.1, -0.05) is 30.3 Å². The van der Waals surface area contributed by atoms with E-state index in [-0.39, 0.29) is 0 Å². The van der Waals surface area contributed by atoms with Crippen molar-refractivity contribution in [2.24, 2.45) is 5.73 Å². The SMILES string of the molecule is NC(=O)c1c(-c2ccccc2)nn2c1OCCC2. The van der Waals surface area contributed by atoms with Crippen LogP contribution < -0.4 is 10.5 Å². The van der Waals surface area contributed by atoms with Crippen molar-refractivity contribution in [1.82, 2.24) is 9.78 Å². The van der Waals surface area contributed by atoms with Gasteiger partial charge in [0.05, 0.1) is 6.61 Å². The molecule has 0 radical (unpaired) electrons. The number of aryl methyl sites for hydroxylation is 1. The molecular weight excluding hydrogens is 230 g/mol. The van der Waals surface area contributed by atoms with Crippen molar-refractivity contribution in [3.05, 3.63) is 35.9 Å². The van der Waals surface area contributed by atoms with Gasteiger partial charge in [-0.15, -0.1) is 0 Å². The highest BCUT2D eigenvalue weighted by atomic mass is 16.5. The van der Waals surface area contributed by atoms with Gasteiger partial charge < -0.3 is 10.5 Å². The number of nitrogens with zero attached hydrogens (tertiary/aromatic N) is 2. The molecule has 0 bridgehead atoms. The lowest BCUT2D eigenvalue weighted by atomic mass is 10.1. The quantitative estimate of drug-likeness (QED) is 0.867. The van der Waals surface area contributed by atoms with Gasteiger partial charge in [0.1, 0.15) is 11.3 Å². The Kier molecular flexibility index (Phi) is 2.51. The van der Waals surface area contributed by atoms with E-state index >= 15 is 0 Å².